The number of H-pyrrole nitrogens is 1. The lowest BCUT2D eigenvalue weighted by Crippen LogP contribution is -2.31. The van der Waals surface area contributed by atoms with Gasteiger partial charge in [-0.2, -0.15) is 0 Å². The molecule has 7 heteroatoms. The summed E-state index contributed by atoms with van der Waals surface area (Å²) in [6.45, 7) is 0.328. The van der Waals surface area contributed by atoms with Crippen molar-refractivity contribution in [2.75, 3.05) is 18.5 Å². The fourth-order valence-electron chi connectivity index (χ4n) is 1.76. The molecule has 0 fully saturated rings. The number of benzene rings is 1. The number of aromatic amines is 1. The molecule has 0 saturated carbocycles. The number of amides is 2. The van der Waals surface area contributed by atoms with Crippen molar-refractivity contribution in [1.29, 1.82) is 0 Å². The summed E-state index contributed by atoms with van der Waals surface area (Å²) in [4.78, 5) is 26.6. The quantitative estimate of drug-likeness (QED) is 0.647. The van der Waals surface area contributed by atoms with Gasteiger partial charge in [-0.15, -0.1) is 0 Å². The third kappa shape index (κ3) is 3.09. The van der Waals surface area contributed by atoms with Gasteiger partial charge < -0.3 is 20.7 Å². The number of hydrogen-bond acceptors (Lipinski definition) is 3. The fraction of sp³-hybridized carbons (Fsp3) is 0.231. The number of aliphatic hydroxyl groups is 1. The minimum Gasteiger partial charge on any atom is -0.396 e. The number of nitrogens with one attached hydrogen (secondary N) is 3. The highest BCUT2D eigenvalue weighted by Gasteiger charge is 2.09. The second-order valence-electron chi connectivity index (χ2n) is 4.15. The van der Waals surface area contributed by atoms with Crippen molar-refractivity contribution in [3.63, 3.8) is 0 Å². The summed E-state index contributed by atoms with van der Waals surface area (Å²) in [5, 5.41) is 14.5. The Morgan fingerprint density at radius 3 is 2.95 bits per heavy atom. The average molecular weight is 296 g/mol. The smallest absolute Gasteiger partial charge is 0.319 e. The Morgan fingerprint density at radius 2 is 2.20 bits per heavy atom. The maximum absolute atomic E-state index is 12.2. The number of rotatable bonds is 4. The van der Waals surface area contributed by atoms with Crippen molar-refractivity contribution < 1.29 is 9.90 Å². The fourth-order valence-corrected chi connectivity index (χ4v) is 1.98. The standard InChI is InChI=1S/C13H14ClN3O3/c14-9-4-1-3-8-11(9)16-7-10(12(8)19)17-13(20)15-5-2-6-18/h1,3-4,7,18H,2,5-6H2,(H,16,19)(H2,15,17,20). The molecule has 6 nitrogen and oxygen atoms in total. The first-order valence-corrected chi connectivity index (χ1v) is 6.47. The molecule has 0 aliphatic carbocycles. The van der Waals surface area contributed by atoms with Gasteiger partial charge in [-0.25, -0.2) is 4.79 Å². The number of hydrogen-bond donors (Lipinski definition) is 4. The van der Waals surface area contributed by atoms with Crippen molar-refractivity contribution in [2.24, 2.45) is 0 Å². The second-order valence-corrected chi connectivity index (χ2v) is 4.56. The third-order valence-electron chi connectivity index (χ3n) is 2.73. The van der Waals surface area contributed by atoms with E-state index in [-0.39, 0.29) is 17.7 Å². The lowest BCUT2D eigenvalue weighted by atomic mass is 10.2. The molecule has 0 atom stereocenters. The van der Waals surface area contributed by atoms with Gasteiger partial charge in [-0.1, -0.05) is 17.7 Å². The van der Waals surface area contributed by atoms with Crippen LogP contribution in [0, 0.1) is 0 Å². The Balaban J connectivity index is 2.22. The molecule has 2 rings (SSSR count). The summed E-state index contributed by atoms with van der Waals surface area (Å²) in [7, 11) is 0. The van der Waals surface area contributed by atoms with E-state index in [0.29, 0.717) is 28.9 Å². The molecular weight excluding hydrogens is 282 g/mol. The summed E-state index contributed by atoms with van der Waals surface area (Å²) < 4.78 is 0. The third-order valence-corrected chi connectivity index (χ3v) is 3.05. The monoisotopic (exact) mass is 295 g/mol. The topological polar surface area (TPSA) is 94.2 Å². The molecule has 2 aromatic rings. The van der Waals surface area contributed by atoms with Gasteiger partial charge in [-0.3, -0.25) is 4.79 Å². The van der Waals surface area contributed by atoms with E-state index in [2.05, 4.69) is 15.6 Å². The maximum atomic E-state index is 12.2. The van der Waals surface area contributed by atoms with E-state index in [0.717, 1.165) is 0 Å². The summed E-state index contributed by atoms with van der Waals surface area (Å²) in [6.07, 6.45) is 1.86. The number of para-hydroxylation sites is 1. The number of aliphatic hydroxyl groups excluding tert-OH is 1. The zero-order valence-electron chi connectivity index (χ0n) is 10.6. The average Bonchev–Trinajstić information content (AvgIpc) is 2.43. The Labute approximate surface area is 119 Å². The summed E-state index contributed by atoms with van der Waals surface area (Å²) >= 11 is 5.98. The molecular formula is C13H14ClN3O3. The van der Waals surface area contributed by atoms with Crippen molar-refractivity contribution in [3.8, 4) is 0 Å². The van der Waals surface area contributed by atoms with Crippen LogP contribution in [0.5, 0.6) is 0 Å². The number of aromatic nitrogens is 1. The summed E-state index contributed by atoms with van der Waals surface area (Å²) in [6, 6.07) is 4.49. The first kappa shape index (κ1) is 14.4. The molecule has 0 aliphatic heterocycles. The predicted molar refractivity (Wildman–Crippen MR) is 78.3 cm³/mol. The lowest BCUT2D eigenvalue weighted by Gasteiger charge is -2.07. The van der Waals surface area contributed by atoms with Crippen LogP contribution in [-0.2, 0) is 0 Å². The van der Waals surface area contributed by atoms with Crippen LogP contribution in [0.1, 0.15) is 6.42 Å². The Kier molecular flexibility index (Phi) is 4.60. The van der Waals surface area contributed by atoms with Crippen LogP contribution in [0.2, 0.25) is 5.02 Å². The molecule has 0 bridgehead atoms. The largest absolute Gasteiger partial charge is 0.396 e. The van der Waals surface area contributed by atoms with Crippen molar-refractivity contribution in [1.82, 2.24) is 10.3 Å². The van der Waals surface area contributed by atoms with Gasteiger partial charge in [0.05, 0.1) is 10.5 Å². The highest BCUT2D eigenvalue weighted by atomic mass is 35.5. The number of halogens is 1. The normalized spacial score (nSPS) is 10.5. The number of carbonyl (C=O) groups is 1. The molecule has 0 spiro atoms. The van der Waals surface area contributed by atoms with Crippen LogP contribution in [-0.4, -0.2) is 29.3 Å². The number of fused-ring (bicyclic) bond motifs is 1. The van der Waals surface area contributed by atoms with Gasteiger partial charge in [0.1, 0.15) is 5.69 Å². The predicted octanol–water partition coefficient (Wildman–Crippen LogP) is 1.69. The number of urea groups is 1. The van der Waals surface area contributed by atoms with E-state index in [4.69, 9.17) is 16.7 Å². The highest BCUT2D eigenvalue weighted by molar-refractivity contribution is 6.35. The van der Waals surface area contributed by atoms with Crippen LogP contribution >= 0.6 is 11.6 Å². The van der Waals surface area contributed by atoms with Crippen LogP contribution < -0.4 is 16.1 Å². The molecule has 1 heterocycles. The van der Waals surface area contributed by atoms with E-state index in [1.54, 1.807) is 18.2 Å². The molecule has 0 radical (unpaired) electrons. The Morgan fingerprint density at radius 1 is 1.40 bits per heavy atom. The van der Waals surface area contributed by atoms with E-state index < -0.39 is 6.03 Å². The minimum atomic E-state index is -0.495. The first-order valence-electron chi connectivity index (χ1n) is 6.09. The van der Waals surface area contributed by atoms with Crippen molar-refractivity contribution in [2.45, 2.75) is 6.42 Å². The SMILES string of the molecule is O=C(NCCCO)Nc1c[nH]c2c(Cl)cccc2c1=O. The summed E-state index contributed by atoms with van der Waals surface area (Å²) in [5.74, 6) is 0. The van der Waals surface area contributed by atoms with E-state index in [1.807, 2.05) is 0 Å². The molecule has 20 heavy (non-hydrogen) atoms. The van der Waals surface area contributed by atoms with Gasteiger partial charge >= 0.3 is 6.03 Å². The van der Waals surface area contributed by atoms with Crippen molar-refractivity contribution in [3.05, 3.63) is 39.6 Å². The molecule has 0 unspecified atom stereocenters. The van der Waals surface area contributed by atoms with Gasteiger partial charge in [0.2, 0.25) is 5.43 Å². The highest BCUT2D eigenvalue weighted by Crippen LogP contribution is 2.19. The van der Waals surface area contributed by atoms with Crippen LogP contribution in [0.15, 0.2) is 29.2 Å². The Hall–Kier alpha value is -2.05. The van der Waals surface area contributed by atoms with Crippen LogP contribution in [0.3, 0.4) is 0 Å². The number of pyridine rings is 1. The molecule has 106 valence electrons. The Bertz CT molecular complexity index is 684. The number of anilines is 1. The minimum absolute atomic E-state index is 0.00463. The van der Waals surface area contributed by atoms with Crippen LogP contribution in [0.25, 0.3) is 10.9 Å². The molecule has 1 aromatic heterocycles. The van der Waals surface area contributed by atoms with E-state index in [1.165, 1.54) is 6.20 Å². The zero-order chi connectivity index (χ0) is 14.5. The molecule has 2 amide bonds. The van der Waals surface area contributed by atoms with Crippen LogP contribution in [0.4, 0.5) is 10.5 Å². The van der Waals surface area contributed by atoms with Gasteiger partial charge in [-0.05, 0) is 18.6 Å². The zero-order valence-corrected chi connectivity index (χ0v) is 11.3. The summed E-state index contributed by atoms with van der Waals surface area (Å²) in [5.41, 5.74) is 0.366. The molecule has 4 N–H and O–H groups in total. The van der Waals surface area contributed by atoms with E-state index in [9.17, 15) is 9.59 Å². The number of carbonyl (C=O) groups excluding carboxylic acids is 1. The van der Waals surface area contributed by atoms with Gasteiger partial charge in [0.25, 0.3) is 0 Å². The van der Waals surface area contributed by atoms with E-state index >= 15 is 0 Å². The van der Waals surface area contributed by atoms with Crippen molar-refractivity contribution >= 4 is 34.2 Å². The lowest BCUT2D eigenvalue weighted by molar-refractivity contribution is 0.249. The van der Waals surface area contributed by atoms with Gasteiger partial charge in [0.15, 0.2) is 0 Å². The molecule has 1 aromatic carbocycles. The van der Waals surface area contributed by atoms with Gasteiger partial charge in [0, 0.05) is 24.7 Å². The molecule has 0 aliphatic rings. The molecule has 0 saturated heterocycles. The second kappa shape index (κ2) is 6.40. The maximum Gasteiger partial charge on any atom is 0.319 e. The first-order chi connectivity index (χ1) is 9.63.